The van der Waals surface area contributed by atoms with Crippen LogP contribution in [0.2, 0.25) is 0 Å². The maximum atomic E-state index is 12.1. The molecule has 7 atom stereocenters. The lowest BCUT2D eigenvalue weighted by Crippen LogP contribution is -2.58. The molecule has 160 valence electrons. The molecule has 5 aliphatic heterocycles. The van der Waals surface area contributed by atoms with Crippen LogP contribution in [-0.2, 0) is 23.7 Å². The van der Waals surface area contributed by atoms with Crippen molar-refractivity contribution in [3.8, 4) is 0 Å². The largest absolute Gasteiger partial charge is 0.492 e. The van der Waals surface area contributed by atoms with Gasteiger partial charge in [0.25, 0.3) is 0 Å². The number of carbonyl (C=O) groups is 1. The number of esters is 1. The smallest absolute Gasteiger partial charge is 0.343 e. The van der Waals surface area contributed by atoms with E-state index in [0.29, 0.717) is 22.9 Å². The molecule has 0 unspecified atom stereocenters. The molecule has 0 aromatic carbocycles. The van der Waals surface area contributed by atoms with E-state index in [9.17, 15) is 9.90 Å². The summed E-state index contributed by atoms with van der Waals surface area (Å²) < 4.78 is 24.2. The van der Waals surface area contributed by atoms with Crippen LogP contribution in [0.1, 0.15) is 52.9 Å². The van der Waals surface area contributed by atoms with Gasteiger partial charge in [-0.1, -0.05) is 13.8 Å². The van der Waals surface area contributed by atoms with Crippen LogP contribution in [0.15, 0.2) is 22.9 Å². The summed E-state index contributed by atoms with van der Waals surface area (Å²) in [7, 11) is 1.55. The van der Waals surface area contributed by atoms with E-state index >= 15 is 0 Å². The van der Waals surface area contributed by atoms with E-state index in [1.54, 1.807) is 14.0 Å². The SMILES string of the molecule is CC[C@@H](O)[C@H]1CC[C@H]2O[C@]34CCCN1[C@@H]2[C@H]3[C@H](C)/C(=C1/OC(=O)C(C)=C1OC)O4. The number of allylic oxidation sites excluding steroid dienone is 1. The van der Waals surface area contributed by atoms with Crippen molar-refractivity contribution in [2.24, 2.45) is 11.8 Å². The minimum absolute atomic E-state index is 0.0296. The Labute approximate surface area is 171 Å². The predicted molar refractivity (Wildman–Crippen MR) is 103 cm³/mol. The van der Waals surface area contributed by atoms with E-state index < -0.39 is 5.79 Å². The Morgan fingerprint density at radius 2 is 2.17 bits per heavy atom. The first-order valence-corrected chi connectivity index (χ1v) is 10.9. The van der Waals surface area contributed by atoms with Crippen molar-refractivity contribution in [2.75, 3.05) is 13.7 Å². The Morgan fingerprint density at radius 3 is 2.90 bits per heavy atom. The second-order valence-corrected chi connectivity index (χ2v) is 9.08. The summed E-state index contributed by atoms with van der Waals surface area (Å²) in [5, 5.41) is 10.7. The van der Waals surface area contributed by atoms with Gasteiger partial charge in [-0.2, -0.15) is 0 Å². The minimum Gasteiger partial charge on any atom is -0.492 e. The molecule has 4 saturated heterocycles. The van der Waals surface area contributed by atoms with E-state index in [1.807, 2.05) is 6.92 Å². The normalized spacial score (nSPS) is 45.0. The molecule has 0 aliphatic carbocycles. The second-order valence-electron chi connectivity index (χ2n) is 9.08. The standard InChI is InChI=1S/C22H31NO6/c1-5-14(24)13-7-8-15-17-16-11(2)19(20-18(26-4)12(3)21(25)27-20)29-22(16,28-15)9-6-10-23(13)17/h11,13-17,24H,5-10H2,1-4H3/b20-19-/t11-,13+,14+,15+,16+,17-,22-/m0/s1. The summed E-state index contributed by atoms with van der Waals surface area (Å²) in [4.78, 5) is 14.6. The third-order valence-corrected chi connectivity index (χ3v) is 7.68. The summed E-state index contributed by atoms with van der Waals surface area (Å²) >= 11 is 0. The molecule has 0 amide bonds. The van der Waals surface area contributed by atoms with Crippen LogP contribution >= 0.6 is 0 Å². The molecule has 29 heavy (non-hydrogen) atoms. The first-order chi connectivity index (χ1) is 13.9. The fourth-order valence-electron chi connectivity index (χ4n) is 6.40. The van der Waals surface area contributed by atoms with Crippen LogP contribution in [0.25, 0.3) is 0 Å². The Bertz CT molecular complexity index is 790. The van der Waals surface area contributed by atoms with Crippen LogP contribution < -0.4 is 0 Å². The zero-order valence-electron chi connectivity index (χ0n) is 17.6. The molecule has 7 heteroatoms. The van der Waals surface area contributed by atoms with Crippen LogP contribution in [-0.4, -0.2) is 59.7 Å². The van der Waals surface area contributed by atoms with E-state index in [0.717, 1.165) is 38.6 Å². The van der Waals surface area contributed by atoms with E-state index in [2.05, 4.69) is 11.8 Å². The molecule has 0 saturated carbocycles. The van der Waals surface area contributed by atoms with Gasteiger partial charge in [-0.25, -0.2) is 4.79 Å². The van der Waals surface area contributed by atoms with Gasteiger partial charge in [-0.15, -0.1) is 0 Å². The number of aliphatic hydroxyl groups is 1. The highest BCUT2D eigenvalue weighted by molar-refractivity contribution is 5.93. The number of hydrogen-bond donors (Lipinski definition) is 1. The fraction of sp³-hybridized carbons (Fsp3) is 0.773. The van der Waals surface area contributed by atoms with Gasteiger partial charge >= 0.3 is 5.97 Å². The highest BCUT2D eigenvalue weighted by Crippen LogP contribution is 2.59. The average Bonchev–Trinajstić information content (AvgIpc) is 3.23. The average molecular weight is 405 g/mol. The molecule has 0 aromatic rings. The summed E-state index contributed by atoms with van der Waals surface area (Å²) in [6.45, 7) is 6.85. The number of hydrogen-bond acceptors (Lipinski definition) is 7. The lowest BCUT2D eigenvalue weighted by Gasteiger charge is -2.46. The highest BCUT2D eigenvalue weighted by atomic mass is 16.7. The van der Waals surface area contributed by atoms with Gasteiger partial charge in [0.2, 0.25) is 11.5 Å². The molecule has 0 aromatic heterocycles. The van der Waals surface area contributed by atoms with Crippen LogP contribution in [0, 0.1) is 11.8 Å². The van der Waals surface area contributed by atoms with Gasteiger partial charge in [0.05, 0.1) is 30.8 Å². The quantitative estimate of drug-likeness (QED) is 0.723. The number of piperidine rings is 1. The monoisotopic (exact) mass is 405 g/mol. The highest BCUT2D eigenvalue weighted by Gasteiger charge is 2.68. The van der Waals surface area contributed by atoms with Crippen molar-refractivity contribution in [1.29, 1.82) is 0 Å². The molecular formula is C22H31NO6. The molecule has 7 nitrogen and oxygen atoms in total. The van der Waals surface area contributed by atoms with Gasteiger partial charge in [0.1, 0.15) is 5.76 Å². The van der Waals surface area contributed by atoms with Crippen molar-refractivity contribution in [3.63, 3.8) is 0 Å². The zero-order chi connectivity index (χ0) is 20.5. The number of ether oxygens (including phenoxy) is 4. The van der Waals surface area contributed by atoms with Crippen molar-refractivity contribution >= 4 is 5.97 Å². The molecule has 0 spiro atoms. The summed E-state index contributed by atoms with van der Waals surface area (Å²) in [5.74, 6) is 0.631. The fourth-order valence-corrected chi connectivity index (χ4v) is 6.40. The molecule has 2 bridgehead atoms. The summed E-state index contributed by atoms with van der Waals surface area (Å²) in [6.07, 6.45) is 4.22. The lowest BCUT2D eigenvalue weighted by molar-refractivity contribution is -0.213. The van der Waals surface area contributed by atoms with E-state index in [-0.39, 0.29) is 42.1 Å². The topological polar surface area (TPSA) is 77.5 Å². The van der Waals surface area contributed by atoms with Gasteiger partial charge in [-0.05, 0) is 39.2 Å². The Hall–Kier alpha value is -1.57. The van der Waals surface area contributed by atoms with Crippen LogP contribution in [0.3, 0.4) is 0 Å². The maximum absolute atomic E-state index is 12.1. The third kappa shape index (κ3) is 2.56. The molecule has 0 radical (unpaired) electrons. The summed E-state index contributed by atoms with van der Waals surface area (Å²) in [6, 6.07) is 0.377. The predicted octanol–water partition coefficient (Wildman–Crippen LogP) is 2.45. The Morgan fingerprint density at radius 1 is 1.38 bits per heavy atom. The van der Waals surface area contributed by atoms with E-state index in [1.165, 1.54) is 0 Å². The Balaban J connectivity index is 1.55. The van der Waals surface area contributed by atoms with Crippen molar-refractivity contribution < 1.29 is 28.8 Å². The second kappa shape index (κ2) is 6.72. The number of rotatable bonds is 3. The molecule has 1 N–H and O–H groups in total. The number of methoxy groups -OCH3 is 1. The zero-order valence-corrected chi connectivity index (χ0v) is 17.6. The first kappa shape index (κ1) is 19.4. The van der Waals surface area contributed by atoms with Crippen LogP contribution in [0.4, 0.5) is 0 Å². The number of carbonyl (C=O) groups excluding carboxylic acids is 1. The minimum atomic E-state index is -0.681. The summed E-state index contributed by atoms with van der Waals surface area (Å²) in [5.41, 5.74) is 0.466. The molecule has 4 fully saturated rings. The van der Waals surface area contributed by atoms with Gasteiger partial charge in [-0.3, -0.25) is 4.90 Å². The third-order valence-electron chi connectivity index (χ3n) is 7.68. The number of cyclic esters (lactones) is 1. The number of aliphatic hydroxyl groups excluding tert-OH is 1. The molecule has 5 rings (SSSR count). The molecular weight excluding hydrogens is 374 g/mol. The lowest BCUT2D eigenvalue weighted by atomic mass is 9.77. The molecule has 5 aliphatic rings. The molecule has 5 heterocycles. The van der Waals surface area contributed by atoms with Crippen molar-refractivity contribution in [2.45, 2.75) is 83.0 Å². The first-order valence-electron chi connectivity index (χ1n) is 10.9. The maximum Gasteiger partial charge on any atom is 0.343 e. The Kier molecular flexibility index (Phi) is 4.50. The van der Waals surface area contributed by atoms with Gasteiger partial charge in [0, 0.05) is 24.4 Å². The van der Waals surface area contributed by atoms with Crippen molar-refractivity contribution in [1.82, 2.24) is 4.90 Å². The van der Waals surface area contributed by atoms with Gasteiger partial charge in [0.15, 0.2) is 5.76 Å². The van der Waals surface area contributed by atoms with Crippen molar-refractivity contribution in [3.05, 3.63) is 22.9 Å². The number of nitrogens with zero attached hydrogens (tertiary/aromatic N) is 1. The van der Waals surface area contributed by atoms with Crippen LogP contribution in [0.5, 0.6) is 0 Å². The van der Waals surface area contributed by atoms with Gasteiger partial charge < -0.3 is 24.1 Å². The van der Waals surface area contributed by atoms with E-state index in [4.69, 9.17) is 18.9 Å².